The second-order valence-corrected chi connectivity index (χ2v) is 3.48. The Morgan fingerprint density at radius 1 is 1.33 bits per heavy atom. The monoisotopic (exact) mass is 166 g/mol. The van der Waals surface area contributed by atoms with Gasteiger partial charge in [-0.1, -0.05) is 51.0 Å². The molecule has 0 saturated heterocycles. The molecule has 1 unspecified atom stereocenters. The molecule has 0 aliphatic rings. The number of rotatable bonds is 5. The van der Waals surface area contributed by atoms with E-state index >= 15 is 0 Å². The largest absolute Gasteiger partial charge is 0.0856 e. The Labute approximate surface area is 77.4 Å². The Bertz CT molecular complexity index is 151. The van der Waals surface area contributed by atoms with Crippen LogP contribution in [0.3, 0.4) is 0 Å². The van der Waals surface area contributed by atoms with Gasteiger partial charge in [-0.3, -0.25) is 0 Å². The molecule has 0 fully saturated rings. The molecule has 0 nitrogen and oxygen atoms in total. The third-order valence-corrected chi connectivity index (χ3v) is 2.10. The Kier molecular flexibility index (Phi) is 6.84. The van der Waals surface area contributed by atoms with Gasteiger partial charge >= 0.3 is 0 Å². The minimum atomic E-state index is 0.736. The normalized spacial score (nSPS) is 15.5. The Morgan fingerprint density at radius 2 is 2.00 bits per heavy atom. The highest BCUT2D eigenvalue weighted by atomic mass is 14.0. The molecule has 0 spiro atoms. The van der Waals surface area contributed by atoms with E-state index in [1.165, 1.54) is 12.0 Å². The highest BCUT2D eigenvalue weighted by Crippen LogP contribution is 2.06. The molecule has 0 aliphatic heterocycles. The molecule has 0 aromatic carbocycles. The average Bonchev–Trinajstić information content (AvgIpc) is 2.04. The van der Waals surface area contributed by atoms with Gasteiger partial charge in [0, 0.05) is 0 Å². The van der Waals surface area contributed by atoms with Gasteiger partial charge in [-0.25, -0.2) is 0 Å². The average molecular weight is 166 g/mol. The zero-order valence-electron chi connectivity index (χ0n) is 8.93. The van der Waals surface area contributed by atoms with E-state index in [-0.39, 0.29) is 0 Å². The summed E-state index contributed by atoms with van der Waals surface area (Å²) in [6.45, 7) is 8.87. The number of hydrogen-bond donors (Lipinski definition) is 0. The first kappa shape index (κ1) is 11.5. The summed E-state index contributed by atoms with van der Waals surface area (Å²) in [5.74, 6) is 0.736. The molecular weight excluding hydrogens is 144 g/mol. The van der Waals surface area contributed by atoms with Crippen LogP contribution in [0.5, 0.6) is 0 Å². The molecule has 0 aromatic heterocycles. The Morgan fingerprint density at radius 3 is 2.50 bits per heavy atom. The Balaban J connectivity index is 3.66. The summed E-state index contributed by atoms with van der Waals surface area (Å²) in [6.07, 6.45) is 10.4. The number of allylic oxidation sites excluding steroid dienone is 4. The molecule has 0 heterocycles. The molecule has 0 aromatic rings. The smallest absolute Gasteiger partial charge is 0.0142 e. The van der Waals surface area contributed by atoms with Crippen LogP contribution in [0.25, 0.3) is 0 Å². The zero-order valence-corrected chi connectivity index (χ0v) is 8.93. The van der Waals surface area contributed by atoms with Crippen molar-refractivity contribution in [3.05, 3.63) is 23.8 Å². The molecule has 0 bridgehead atoms. The van der Waals surface area contributed by atoms with E-state index < -0.39 is 0 Å². The fourth-order valence-corrected chi connectivity index (χ4v) is 1.05. The van der Waals surface area contributed by atoms with E-state index in [4.69, 9.17) is 0 Å². The molecule has 0 heteroatoms. The van der Waals surface area contributed by atoms with Crippen molar-refractivity contribution >= 4 is 0 Å². The highest BCUT2D eigenvalue weighted by Gasteiger charge is 1.89. The molecule has 1 atom stereocenters. The van der Waals surface area contributed by atoms with Gasteiger partial charge in [0.25, 0.3) is 0 Å². The van der Waals surface area contributed by atoms with Crippen molar-refractivity contribution in [2.24, 2.45) is 5.92 Å². The molecule has 0 N–H and O–H groups in total. The van der Waals surface area contributed by atoms with Gasteiger partial charge in [0.05, 0.1) is 0 Å². The van der Waals surface area contributed by atoms with Crippen molar-refractivity contribution in [1.82, 2.24) is 0 Å². The summed E-state index contributed by atoms with van der Waals surface area (Å²) in [5.41, 5.74) is 1.48. The van der Waals surface area contributed by atoms with Crippen molar-refractivity contribution in [1.29, 1.82) is 0 Å². The van der Waals surface area contributed by atoms with Crippen molar-refractivity contribution in [3.8, 4) is 0 Å². The topological polar surface area (TPSA) is 0 Å². The second-order valence-electron chi connectivity index (χ2n) is 3.48. The summed E-state index contributed by atoms with van der Waals surface area (Å²) in [4.78, 5) is 0. The van der Waals surface area contributed by atoms with Gasteiger partial charge in [-0.2, -0.15) is 0 Å². The van der Waals surface area contributed by atoms with Crippen LogP contribution in [0.2, 0.25) is 0 Å². The van der Waals surface area contributed by atoms with Gasteiger partial charge in [0.15, 0.2) is 0 Å². The van der Waals surface area contributed by atoms with Crippen molar-refractivity contribution in [2.75, 3.05) is 0 Å². The third kappa shape index (κ3) is 6.21. The molecule has 0 rings (SSSR count). The zero-order chi connectivity index (χ0) is 9.40. The van der Waals surface area contributed by atoms with E-state index in [9.17, 15) is 0 Å². The summed E-state index contributed by atoms with van der Waals surface area (Å²) >= 11 is 0. The predicted molar refractivity (Wildman–Crippen MR) is 57.3 cm³/mol. The fourth-order valence-electron chi connectivity index (χ4n) is 1.05. The van der Waals surface area contributed by atoms with Crippen LogP contribution in [0.15, 0.2) is 23.8 Å². The van der Waals surface area contributed by atoms with Crippen LogP contribution in [0.4, 0.5) is 0 Å². The standard InChI is InChI=1S/C12H22/c1-5-8-12(4)10-7-9-11(3)6-2/h7-9,11H,5-6,10H2,1-4H3/b9-7-,12-8?. The van der Waals surface area contributed by atoms with Crippen LogP contribution in [-0.2, 0) is 0 Å². The molecule has 70 valence electrons. The van der Waals surface area contributed by atoms with Crippen molar-refractivity contribution in [2.45, 2.75) is 47.0 Å². The molecule has 0 radical (unpaired) electrons. The van der Waals surface area contributed by atoms with Crippen LogP contribution >= 0.6 is 0 Å². The van der Waals surface area contributed by atoms with E-state index in [1.807, 2.05) is 0 Å². The van der Waals surface area contributed by atoms with E-state index in [0.717, 1.165) is 18.8 Å². The molecule has 0 aliphatic carbocycles. The highest BCUT2D eigenvalue weighted by molar-refractivity contribution is 5.04. The van der Waals surface area contributed by atoms with Crippen LogP contribution in [-0.4, -0.2) is 0 Å². The summed E-state index contributed by atoms with van der Waals surface area (Å²) in [5, 5.41) is 0. The van der Waals surface area contributed by atoms with Gasteiger partial charge in [-0.15, -0.1) is 0 Å². The maximum Gasteiger partial charge on any atom is -0.0142 e. The minimum absolute atomic E-state index is 0.736. The first-order valence-corrected chi connectivity index (χ1v) is 5.03. The Hall–Kier alpha value is -0.520. The van der Waals surface area contributed by atoms with Gasteiger partial charge in [-0.05, 0) is 25.7 Å². The van der Waals surface area contributed by atoms with Gasteiger partial charge in [0.1, 0.15) is 0 Å². The van der Waals surface area contributed by atoms with Crippen molar-refractivity contribution in [3.63, 3.8) is 0 Å². The van der Waals surface area contributed by atoms with E-state index in [1.54, 1.807) is 0 Å². The van der Waals surface area contributed by atoms with E-state index in [0.29, 0.717) is 0 Å². The summed E-state index contributed by atoms with van der Waals surface area (Å²) in [7, 11) is 0. The SMILES string of the molecule is CCC=C(C)C/C=C\C(C)CC. The predicted octanol–water partition coefficient (Wildman–Crippen LogP) is 4.34. The maximum atomic E-state index is 2.31. The molecule has 0 saturated carbocycles. The summed E-state index contributed by atoms with van der Waals surface area (Å²) in [6, 6.07) is 0. The molecule has 12 heavy (non-hydrogen) atoms. The van der Waals surface area contributed by atoms with E-state index in [2.05, 4.69) is 45.9 Å². The van der Waals surface area contributed by atoms with Gasteiger partial charge in [0.2, 0.25) is 0 Å². The van der Waals surface area contributed by atoms with Crippen LogP contribution in [0, 0.1) is 5.92 Å². The third-order valence-electron chi connectivity index (χ3n) is 2.10. The fraction of sp³-hybridized carbons (Fsp3) is 0.667. The van der Waals surface area contributed by atoms with Crippen molar-refractivity contribution < 1.29 is 0 Å². The maximum absolute atomic E-state index is 2.31. The lowest BCUT2D eigenvalue weighted by atomic mass is 10.1. The molecular formula is C12H22. The second kappa shape index (κ2) is 7.15. The number of hydrogen-bond acceptors (Lipinski definition) is 0. The minimum Gasteiger partial charge on any atom is -0.0856 e. The summed E-state index contributed by atoms with van der Waals surface area (Å²) < 4.78 is 0. The lowest BCUT2D eigenvalue weighted by molar-refractivity contribution is 0.696. The first-order valence-electron chi connectivity index (χ1n) is 5.03. The van der Waals surface area contributed by atoms with Crippen LogP contribution in [0.1, 0.15) is 47.0 Å². The quantitative estimate of drug-likeness (QED) is 0.533. The molecule has 0 amide bonds. The van der Waals surface area contributed by atoms with Crippen LogP contribution < -0.4 is 0 Å². The lowest BCUT2D eigenvalue weighted by Crippen LogP contribution is -1.84. The van der Waals surface area contributed by atoms with Gasteiger partial charge < -0.3 is 0 Å². The lowest BCUT2D eigenvalue weighted by Gasteiger charge is -1.99. The first-order chi connectivity index (χ1) is 5.70.